The summed E-state index contributed by atoms with van der Waals surface area (Å²) in [4.78, 5) is 13.0. The molecule has 182 valence electrons. The highest BCUT2D eigenvalue weighted by atomic mass is 127. The van der Waals surface area contributed by atoms with Crippen molar-refractivity contribution in [1.29, 1.82) is 0 Å². The number of quaternary nitrogens is 1. The largest absolute Gasteiger partial charge is 1.00 e. The molecule has 1 N–H and O–H groups in total. The van der Waals surface area contributed by atoms with Crippen LogP contribution in [-0.2, 0) is 17.8 Å². The summed E-state index contributed by atoms with van der Waals surface area (Å²) in [7, 11) is 2.35. The van der Waals surface area contributed by atoms with Gasteiger partial charge in [-0.25, -0.2) is 0 Å². The molecule has 1 aliphatic heterocycles. The SMILES string of the molecule is Cc1ccc(-c2ccc3c(c2)C=C(C(=O)Nc2ccc(C[N+]4(C)CCSCC4)cc2)CC3)cc1.[I-]. The van der Waals surface area contributed by atoms with E-state index in [1.165, 1.54) is 52.4 Å². The molecule has 2 aliphatic rings. The average molecular weight is 597 g/mol. The first-order valence-electron chi connectivity index (χ1n) is 12.2. The molecule has 0 saturated carbocycles. The second-order valence-electron chi connectivity index (χ2n) is 9.94. The Morgan fingerprint density at radius 3 is 2.31 bits per heavy atom. The van der Waals surface area contributed by atoms with Crippen molar-refractivity contribution in [1.82, 2.24) is 0 Å². The first-order valence-corrected chi connectivity index (χ1v) is 13.4. The molecule has 1 fully saturated rings. The van der Waals surface area contributed by atoms with Gasteiger partial charge in [0, 0.05) is 28.3 Å². The second-order valence-corrected chi connectivity index (χ2v) is 11.2. The van der Waals surface area contributed by atoms with Crippen LogP contribution < -0.4 is 29.3 Å². The minimum atomic E-state index is 0. The van der Waals surface area contributed by atoms with Crippen molar-refractivity contribution in [3.05, 3.63) is 94.6 Å². The molecule has 0 spiro atoms. The molecule has 0 aromatic heterocycles. The normalized spacial score (nSPS) is 16.5. The lowest BCUT2D eigenvalue weighted by Crippen LogP contribution is -3.00. The van der Waals surface area contributed by atoms with E-state index in [0.717, 1.165) is 40.7 Å². The maximum absolute atomic E-state index is 13.0. The number of carbonyl (C=O) groups excluding carboxylic acids is 1. The summed E-state index contributed by atoms with van der Waals surface area (Å²) >= 11 is 2.06. The van der Waals surface area contributed by atoms with Crippen LogP contribution in [0, 0.1) is 6.92 Å². The fourth-order valence-electron chi connectivity index (χ4n) is 4.88. The van der Waals surface area contributed by atoms with Gasteiger partial charge in [0.25, 0.3) is 5.91 Å². The number of thioether (sulfide) groups is 1. The monoisotopic (exact) mass is 596 g/mol. The molecule has 0 atom stereocenters. The third-order valence-corrected chi connectivity index (χ3v) is 8.09. The maximum atomic E-state index is 13.0. The molecule has 1 aliphatic carbocycles. The van der Waals surface area contributed by atoms with Gasteiger partial charge in [-0.3, -0.25) is 4.79 Å². The van der Waals surface area contributed by atoms with E-state index in [9.17, 15) is 4.79 Å². The average Bonchev–Trinajstić information content (AvgIpc) is 2.85. The molecule has 1 saturated heterocycles. The van der Waals surface area contributed by atoms with Crippen LogP contribution in [0.3, 0.4) is 0 Å². The minimum Gasteiger partial charge on any atom is -1.00 e. The van der Waals surface area contributed by atoms with E-state index in [0.29, 0.717) is 0 Å². The summed E-state index contributed by atoms with van der Waals surface area (Å²) in [6, 6.07) is 23.6. The third-order valence-electron chi connectivity index (χ3n) is 7.14. The zero-order valence-corrected chi connectivity index (χ0v) is 23.5. The standard InChI is InChI=1S/C30H32N2OS.HI/c1-22-3-7-24(8-4-22)26-11-9-25-10-12-27(20-28(25)19-26)30(33)31-29-13-5-23(6-14-29)21-32(2)15-17-34-18-16-32;/h3-9,11,13-14,19-20H,10,12,15-18,21H2,1-2H3;1H. The minimum absolute atomic E-state index is 0. The second kappa shape index (κ2) is 11.3. The smallest absolute Gasteiger partial charge is 0.251 e. The van der Waals surface area contributed by atoms with Gasteiger partial charge in [-0.05, 0) is 66.3 Å². The molecule has 3 aromatic carbocycles. The van der Waals surface area contributed by atoms with Crippen LogP contribution >= 0.6 is 11.8 Å². The molecule has 1 heterocycles. The lowest BCUT2D eigenvalue weighted by molar-refractivity contribution is -0.919. The number of fused-ring (bicyclic) bond motifs is 1. The number of nitrogens with zero attached hydrogens (tertiary/aromatic N) is 1. The summed E-state index contributed by atoms with van der Waals surface area (Å²) in [6.07, 6.45) is 3.74. The van der Waals surface area contributed by atoms with E-state index in [1.54, 1.807) is 0 Å². The molecule has 5 heteroatoms. The Labute approximate surface area is 230 Å². The highest BCUT2D eigenvalue weighted by Gasteiger charge is 2.25. The Hall–Kier alpha value is -2.09. The van der Waals surface area contributed by atoms with Crippen molar-refractivity contribution in [2.75, 3.05) is 37.0 Å². The van der Waals surface area contributed by atoms with Gasteiger partial charge in [-0.15, -0.1) is 0 Å². The Kier molecular flexibility index (Phi) is 8.40. The van der Waals surface area contributed by atoms with Crippen LogP contribution in [0.5, 0.6) is 0 Å². The van der Waals surface area contributed by atoms with Gasteiger partial charge in [-0.2, -0.15) is 11.8 Å². The van der Waals surface area contributed by atoms with Crippen LogP contribution in [0.15, 0.2) is 72.3 Å². The summed E-state index contributed by atoms with van der Waals surface area (Å²) < 4.78 is 1.11. The number of amides is 1. The van der Waals surface area contributed by atoms with Gasteiger partial charge in [0.15, 0.2) is 0 Å². The van der Waals surface area contributed by atoms with Crippen molar-refractivity contribution >= 4 is 29.4 Å². The molecule has 35 heavy (non-hydrogen) atoms. The maximum Gasteiger partial charge on any atom is 0.251 e. The van der Waals surface area contributed by atoms with Gasteiger partial charge in [0.1, 0.15) is 6.54 Å². The molecular formula is C30H33IN2OS. The van der Waals surface area contributed by atoms with Crippen LogP contribution in [0.2, 0.25) is 0 Å². The van der Waals surface area contributed by atoms with E-state index in [1.807, 2.05) is 12.1 Å². The van der Waals surface area contributed by atoms with Gasteiger partial charge >= 0.3 is 0 Å². The van der Waals surface area contributed by atoms with Gasteiger partial charge in [-0.1, -0.05) is 54.1 Å². The van der Waals surface area contributed by atoms with Crippen LogP contribution in [0.1, 0.15) is 28.7 Å². The quantitative estimate of drug-likeness (QED) is 0.362. The van der Waals surface area contributed by atoms with Crippen molar-refractivity contribution in [2.45, 2.75) is 26.3 Å². The van der Waals surface area contributed by atoms with E-state index in [2.05, 4.69) is 91.7 Å². The highest BCUT2D eigenvalue weighted by molar-refractivity contribution is 7.99. The highest BCUT2D eigenvalue weighted by Crippen LogP contribution is 2.30. The van der Waals surface area contributed by atoms with Gasteiger partial charge in [0.05, 0.1) is 20.1 Å². The lowest BCUT2D eigenvalue weighted by Gasteiger charge is -2.37. The molecular weight excluding hydrogens is 563 g/mol. The van der Waals surface area contributed by atoms with Crippen molar-refractivity contribution in [2.24, 2.45) is 0 Å². The van der Waals surface area contributed by atoms with Crippen LogP contribution in [-0.4, -0.2) is 42.0 Å². The Morgan fingerprint density at radius 1 is 0.914 bits per heavy atom. The molecule has 3 aromatic rings. The number of anilines is 1. The first kappa shape index (κ1) is 26.0. The number of hydrogen-bond acceptors (Lipinski definition) is 2. The predicted octanol–water partition coefficient (Wildman–Crippen LogP) is 3.33. The molecule has 0 unspecified atom stereocenters. The summed E-state index contributed by atoms with van der Waals surface area (Å²) in [5.74, 6) is 2.50. The number of benzene rings is 3. The van der Waals surface area contributed by atoms with E-state index < -0.39 is 0 Å². The van der Waals surface area contributed by atoms with Crippen molar-refractivity contribution in [3.8, 4) is 11.1 Å². The van der Waals surface area contributed by atoms with Crippen molar-refractivity contribution < 1.29 is 33.3 Å². The summed E-state index contributed by atoms with van der Waals surface area (Å²) in [5, 5.41) is 3.12. The summed E-state index contributed by atoms with van der Waals surface area (Å²) in [5.41, 5.74) is 9.17. The Morgan fingerprint density at radius 2 is 1.60 bits per heavy atom. The Bertz CT molecular complexity index is 1210. The third kappa shape index (κ3) is 6.38. The van der Waals surface area contributed by atoms with E-state index >= 15 is 0 Å². The van der Waals surface area contributed by atoms with Gasteiger partial charge in [0.2, 0.25) is 0 Å². The first-order chi connectivity index (χ1) is 16.5. The number of rotatable bonds is 5. The number of aryl methyl sites for hydroxylation is 2. The summed E-state index contributed by atoms with van der Waals surface area (Å²) in [6.45, 7) is 5.61. The van der Waals surface area contributed by atoms with E-state index in [4.69, 9.17) is 0 Å². The van der Waals surface area contributed by atoms with Gasteiger partial charge < -0.3 is 33.8 Å². The van der Waals surface area contributed by atoms with E-state index in [-0.39, 0.29) is 29.9 Å². The Balaban J connectivity index is 0.00000289. The number of nitrogens with one attached hydrogen (secondary N) is 1. The van der Waals surface area contributed by atoms with Crippen LogP contribution in [0.25, 0.3) is 17.2 Å². The zero-order chi connectivity index (χ0) is 23.5. The fourth-order valence-corrected chi connectivity index (χ4v) is 6.22. The van der Waals surface area contributed by atoms with Crippen LogP contribution in [0.4, 0.5) is 5.69 Å². The molecule has 3 nitrogen and oxygen atoms in total. The molecule has 1 amide bonds. The zero-order valence-electron chi connectivity index (χ0n) is 20.5. The fraction of sp³-hybridized carbons (Fsp3) is 0.300. The topological polar surface area (TPSA) is 29.1 Å². The number of hydrogen-bond donors (Lipinski definition) is 1. The molecule has 0 bridgehead atoms. The van der Waals surface area contributed by atoms with Crippen molar-refractivity contribution in [3.63, 3.8) is 0 Å². The molecule has 5 rings (SSSR count). The number of carbonyl (C=O) groups is 1. The lowest BCUT2D eigenvalue weighted by atomic mass is 9.89. The number of halogens is 1. The predicted molar refractivity (Wildman–Crippen MR) is 145 cm³/mol. The molecule has 0 radical (unpaired) electrons.